The summed E-state index contributed by atoms with van der Waals surface area (Å²) in [6.45, 7) is 1.64. The molecule has 0 radical (unpaired) electrons. The number of aryl methyl sites for hydroxylation is 1. The van der Waals surface area contributed by atoms with Crippen LogP contribution >= 0.6 is 31.9 Å². The van der Waals surface area contributed by atoms with Gasteiger partial charge in [-0.3, -0.25) is 4.79 Å². The molecule has 0 aromatic heterocycles. The summed E-state index contributed by atoms with van der Waals surface area (Å²) in [5, 5.41) is 0. The average Bonchev–Trinajstić information content (AvgIpc) is 2.32. The van der Waals surface area contributed by atoms with Crippen LogP contribution in [0.5, 0.6) is 0 Å². The first-order valence-corrected chi connectivity index (χ1v) is 6.83. The third-order valence-corrected chi connectivity index (χ3v) is 3.75. The van der Waals surface area contributed by atoms with Crippen molar-refractivity contribution in [3.8, 4) is 0 Å². The Balaban J connectivity index is 2.44. The summed E-state index contributed by atoms with van der Waals surface area (Å²) in [6.07, 6.45) is 0. The number of halogens is 3. The van der Waals surface area contributed by atoms with Gasteiger partial charge in [-0.1, -0.05) is 15.9 Å². The molecule has 0 aliphatic rings. The first-order valence-electron chi connectivity index (χ1n) is 5.25. The van der Waals surface area contributed by atoms with E-state index in [1.54, 1.807) is 25.1 Å². The van der Waals surface area contributed by atoms with Crippen molar-refractivity contribution in [2.24, 2.45) is 0 Å². The van der Waals surface area contributed by atoms with Gasteiger partial charge in [0, 0.05) is 20.1 Å². The first-order chi connectivity index (χ1) is 8.49. The molecule has 4 heteroatoms. The topological polar surface area (TPSA) is 17.1 Å². The van der Waals surface area contributed by atoms with E-state index in [1.165, 1.54) is 12.1 Å². The van der Waals surface area contributed by atoms with Crippen molar-refractivity contribution in [2.45, 2.75) is 6.92 Å². The lowest BCUT2D eigenvalue weighted by atomic mass is 10.0. The molecule has 0 unspecified atom stereocenters. The van der Waals surface area contributed by atoms with Crippen molar-refractivity contribution in [3.63, 3.8) is 0 Å². The van der Waals surface area contributed by atoms with Crippen LogP contribution in [0.1, 0.15) is 21.5 Å². The van der Waals surface area contributed by atoms with Gasteiger partial charge in [0.1, 0.15) is 5.82 Å². The predicted molar refractivity (Wildman–Crippen MR) is 76.4 cm³/mol. The van der Waals surface area contributed by atoms with E-state index in [-0.39, 0.29) is 11.6 Å². The van der Waals surface area contributed by atoms with Crippen LogP contribution in [0.2, 0.25) is 0 Å². The third kappa shape index (κ3) is 2.70. The van der Waals surface area contributed by atoms with Crippen LogP contribution in [-0.2, 0) is 0 Å². The molecule has 0 aliphatic heterocycles. The zero-order chi connectivity index (χ0) is 13.3. The molecule has 1 nitrogen and oxygen atoms in total. The van der Waals surface area contributed by atoms with Crippen molar-refractivity contribution < 1.29 is 9.18 Å². The van der Waals surface area contributed by atoms with Gasteiger partial charge in [-0.2, -0.15) is 0 Å². The highest BCUT2D eigenvalue weighted by atomic mass is 79.9. The number of carbonyl (C=O) groups is 1. The van der Waals surface area contributed by atoms with Gasteiger partial charge >= 0.3 is 0 Å². The maximum Gasteiger partial charge on any atom is 0.194 e. The van der Waals surface area contributed by atoms with Crippen molar-refractivity contribution in [3.05, 3.63) is 67.9 Å². The van der Waals surface area contributed by atoms with Crippen LogP contribution in [-0.4, -0.2) is 5.78 Å². The van der Waals surface area contributed by atoms with Crippen LogP contribution in [0.4, 0.5) is 4.39 Å². The highest BCUT2D eigenvalue weighted by molar-refractivity contribution is 9.11. The Hall–Kier alpha value is -1.000. The molecule has 0 N–H and O–H groups in total. The Morgan fingerprint density at radius 3 is 2.44 bits per heavy atom. The van der Waals surface area contributed by atoms with Crippen LogP contribution in [0, 0.1) is 12.7 Å². The zero-order valence-corrected chi connectivity index (χ0v) is 12.7. The van der Waals surface area contributed by atoms with Gasteiger partial charge < -0.3 is 0 Å². The normalized spacial score (nSPS) is 10.4. The van der Waals surface area contributed by atoms with Crippen molar-refractivity contribution in [1.29, 1.82) is 0 Å². The molecular formula is C14H9Br2FO. The Kier molecular flexibility index (Phi) is 3.97. The fraction of sp³-hybridized carbons (Fsp3) is 0.0714. The van der Waals surface area contributed by atoms with Gasteiger partial charge in [0.15, 0.2) is 5.78 Å². The monoisotopic (exact) mass is 370 g/mol. The molecule has 0 atom stereocenters. The minimum Gasteiger partial charge on any atom is -0.289 e. The molecule has 0 heterocycles. The predicted octanol–water partition coefficient (Wildman–Crippen LogP) is 4.89. The molecule has 18 heavy (non-hydrogen) atoms. The summed E-state index contributed by atoms with van der Waals surface area (Å²) in [6, 6.07) is 9.72. The van der Waals surface area contributed by atoms with E-state index in [2.05, 4.69) is 31.9 Å². The summed E-state index contributed by atoms with van der Waals surface area (Å²) in [7, 11) is 0. The van der Waals surface area contributed by atoms with Crippen LogP contribution in [0.3, 0.4) is 0 Å². The van der Waals surface area contributed by atoms with E-state index in [1.807, 2.05) is 6.07 Å². The number of rotatable bonds is 2. The molecule has 0 saturated heterocycles. The fourth-order valence-corrected chi connectivity index (χ4v) is 2.84. The first kappa shape index (κ1) is 13.4. The fourth-order valence-electron chi connectivity index (χ4n) is 1.62. The summed E-state index contributed by atoms with van der Waals surface area (Å²) < 4.78 is 14.8. The number of hydrogen-bond acceptors (Lipinski definition) is 1. The third-order valence-electron chi connectivity index (χ3n) is 2.60. The van der Waals surface area contributed by atoms with E-state index >= 15 is 0 Å². The second-order valence-electron chi connectivity index (χ2n) is 3.92. The van der Waals surface area contributed by atoms with Crippen LogP contribution in [0.15, 0.2) is 45.3 Å². The molecule has 0 bridgehead atoms. The standard InChI is InChI=1S/C14H9Br2FO/c1-8-6-9(2-5-13(8)17)14(18)11-4-3-10(15)7-12(11)16/h2-7H,1H3. The van der Waals surface area contributed by atoms with Gasteiger partial charge in [0.25, 0.3) is 0 Å². The molecule has 92 valence electrons. The van der Waals surface area contributed by atoms with Crippen LogP contribution in [0.25, 0.3) is 0 Å². The quantitative estimate of drug-likeness (QED) is 0.687. The molecular weight excluding hydrogens is 363 g/mol. The number of carbonyl (C=O) groups excluding carboxylic acids is 1. The maximum atomic E-state index is 13.2. The Morgan fingerprint density at radius 2 is 1.83 bits per heavy atom. The lowest BCUT2D eigenvalue weighted by Gasteiger charge is -2.06. The van der Waals surface area contributed by atoms with E-state index in [0.717, 1.165) is 4.47 Å². The summed E-state index contributed by atoms with van der Waals surface area (Å²) in [5.74, 6) is -0.432. The van der Waals surface area contributed by atoms with E-state index in [0.29, 0.717) is 21.2 Å². The molecule has 0 spiro atoms. The lowest BCUT2D eigenvalue weighted by molar-refractivity contribution is 0.103. The number of hydrogen-bond donors (Lipinski definition) is 0. The largest absolute Gasteiger partial charge is 0.289 e. The summed E-state index contributed by atoms with van der Waals surface area (Å²) >= 11 is 6.68. The molecule has 0 amide bonds. The van der Waals surface area contributed by atoms with Crippen LogP contribution < -0.4 is 0 Å². The molecule has 2 aromatic carbocycles. The van der Waals surface area contributed by atoms with Gasteiger partial charge in [-0.05, 0) is 64.8 Å². The van der Waals surface area contributed by atoms with Gasteiger partial charge in [-0.25, -0.2) is 4.39 Å². The number of benzene rings is 2. The molecule has 2 aromatic rings. The second kappa shape index (κ2) is 5.33. The maximum absolute atomic E-state index is 13.2. The van der Waals surface area contributed by atoms with Gasteiger partial charge in [-0.15, -0.1) is 0 Å². The van der Waals surface area contributed by atoms with Gasteiger partial charge in [0.05, 0.1) is 0 Å². The van der Waals surface area contributed by atoms with E-state index in [9.17, 15) is 9.18 Å². The van der Waals surface area contributed by atoms with Gasteiger partial charge in [0.2, 0.25) is 0 Å². The smallest absolute Gasteiger partial charge is 0.194 e. The Morgan fingerprint density at radius 1 is 1.11 bits per heavy atom. The van der Waals surface area contributed by atoms with Crippen molar-refractivity contribution >= 4 is 37.6 Å². The van der Waals surface area contributed by atoms with E-state index < -0.39 is 0 Å². The molecule has 0 fully saturated rings. The molecule has 0 aliphatic carbocycles. The second-order valence-corrected chi connectivity index (χ2v) is 5.69. The SMILES string of the molecule is Cc1cc(C(=O)c2ccc(Br)cc2Br)ccc1F. The van der Waals surface area contributed by atoms with E-state index in [4.69, 9.17) is 0 Å². The minimum absolute atomic E-state index is 0.127. The molecule has 2 rings (SSSR count). The highest BCUT2D eigenvalue weighted by Gasteiger charge is 2.13. The Labute approximate surface area is 121 Å². The zero-order valence-electron chi connectivity index (χ0n) is 9.51. The summed E-state index contributed by atoms with van der Waals surface area (Å²) in [5.41, 5.74) is 1.51. The average molecular weight is 372 g/mol. The lowest BCUT2D eigenvalue weighted by Crippen LogP contribution is -2.03. The minimum atomic E-state index is -0.304. The van der Waals surface area contributed by atoms with Crippen molar-refractivity contribution in [2.75, 3.05) is 0 Å². The summed E-state index contributed by atoms with van der Waals surface area (Å²) in [4.78, 5) is 12.3. The highest BCUT2D eigenvalue weighted by Crippen LogP contribution is 2.24. The Bertz CT molecular complexity index is 623. The molecule has 0 saturated carbocycles. The number of ketones is 1. The van der Waals surface area contributed by atoms with Crippen molar-refractivity contribution in [1.82, 2.24) is 0 Å².